The van der Waals surface area contributed by atoms with Gasteiger partial charge in [0, 0.05) is 22.7 Å². The monoisotopic (exact) mass is 756 g/mol. The van der Waals surface area contributed by atoms with Gasteiger partial charge >= 0.3 is 23.9 Å². The summed E-state index contributed by atoms with van der Waals surface area (Å²) in [6, 6.07) is 26.5. The van der Waals surface area contributed by atoms with Gasteiger partial charge in [-0.15, -0.1) is 26.3 Å². The molecule has 0 aliphatic carbocycles. The summed E-state index contributed by atoms with van der Waals surface area (Å²) in [5.74, 6) is -1.83. The Balaban J connectivity index is 0.000000214. The summed E-state index contributed by atoms with van der Waals surface area (Å²) in [5, 5.41) is 12.7. The molecule has 4 N–H and O–H groups in total. The summed E-state index contributed by atoms with van der Waals surface area (Å²) < 4.78 is 21.9. The Kier molecular flexibility index (Phi) is 14.2. The summed E-state index contributed by atoms with van der Waals surface area (Å²) in [5.41, 5.74) is 3.87. The fourth-order valence-corrected chi connectivity index (χ4v) is 5.59. The predicted molar refractivity (Wildman–Crippen MR) is 217 cm³/mol. The molecular formula is C44H44N4O8. The van der Waals surface area contributed by atoms with Gasteiger partial charge in [-0.25, -0.2) is 19.2 Å². The Hall–Kier alpha value is -7.08. The number of hydrogen-bond acceptors (Lipinski definition) is 12. The van der Waals surface area contributed by atoms with Crippen LogP contribution in [0.3, 0.4) is 0 Å². The number of carbonyl (C=O) groups is 4. The van der Waals surface area contributed by atoms with E-state index in [1.165, 1.54) is 0 Å². The van der Waals surface area contributed by atoms with Crippen molar-refractivity contribution in [1.82, 2.24) is 0 Å². The van der Waals surface area contributed by atoms with Gasteiger partial charge in [-0.2, -0.15) is 0 Å². The van der Waals surface area contributed by atoms with Crippen molar-refractivity contribution in [2.45, 2.75) is 24.2 Å². The quantitative estimate of drug-likeness (QED) is 0.0940. The molecule has 0 amide bonds. The summed E-state index contributed by atoms with van der Waals surface area (Å²) in [7, 11) is 0. The van der Waals surface area contributed by atoms with Crippen LogP contribution in [0.1, 0.15) is 41.4 Å². The van der Waals surface area contributed by atoms with E-state index in [1.807, 2.05) is 0 Å². The smallest absolute Gasteiger partial charge is 0.340 e. The van der Waals surface area contributed by atoms with Crippen LogP contribution in [0.25, 0.3) is 0 Å². The molecule has 6 rings (SSSR count). The first-order valence-electron chi connectivity index (χ1n) is 17.9. The summed E-state index contributed by atoms with van der Waals surface area (Å²) in [6.07, 6.45) is 6.50. The Labute approximate surface area is 325 Å². The van der Waals surface area contributed by atoms with Crippen LogP contribution in [0, 0.1) is 0 Å². The van der Waals surface area contributed by atoms with E-state index in [9.17, 15) is 19.2 Å². The lowest BCUT2D eigenvalue weighted by Crippen LogP contribution is -2.29. The Bertz CT molecular complexity index is 1790. The molecule has 4 atom stereocenters. The number of cyclic esters (lactones) is 4. The summed E-state index contributed by atoms with van der Waals surface area (Å²) >= 11 is 0. The van der Waals surface area contributed by atoms with Gasteiger partial charge in [-0.3, -0.25) is 0 Å². The topological polar surface area (TPSA) is 153 Å². The molecule has 0 bridgehead atoms. The van der Waals surface area contributed by atoms with Crippen LogP contribution in [0.5, 0.6) is 0 Å². The average Bonchev–Trinajstić information content (AvgIpc) is 3.23. The van der Waals surface area contributed by atoms with E-state index in [1.54, 1.807) is 121 Å². The van der Waals surface area contributed by atoms with Crippen LogP contribution in [-0.2, 0) is 18.9 Å². The van der Waals surface area contributed by atoms with E-state index < -0.39 is 23.9 Å². The fourth-order valence-electron chi connectivity index (χ4n) is 5.59. The molecular weight excluding hydrogens is 713 g/mol. The third-order valence-electron chi connectivity index (χ3n) is 8.67. The van der Waals surface area contributed by atoms with Crippen molar-refractivity contribution in [3.05, 3.63) is 170 Å². The third kappa shape index (κ3) is 10.5. The van der Waals surface area contributed by atoms with Gasteiger partial charge in [0.05, 0.1) is 46.4 Å². The zero-order chi connectivity index (χ0) is 39.9. The van der Waals surface area contributed by atoms with E-state index in [0.717, 1.165) is 0 Å². The molecule has 4 aromatic carbocycles. The number of rotatable bonds is 4. The molecule has 12 heteroatoms. The number of anilines is 4. The van der Waals surface area contributed by atoms with Gasteiger partial charge in [0.1, 0.15) is 26.4 Å². The molecule has 2 heterocycles. The first-order chi connectivity index (χ1) is 27.2. The second kappa shape index (κ2) is 19.8. The molecule has 288 valence electrons. The molecule has 0 saturated carbocycles. The first-order valence-corrected chi connectivity index (χ1v) is 17.9. The van der Waals surface area contributed by atoms with Crippen molar-refractivity contribution in [2.75, 3.05) is 47.7 Å². The van der Waals surface area contributed by atoms with Crippen molar-refractivity contribution in [3.63, 3.8) is 0 Å². The molecule has 0 radical (unpaired) electrons. The number of carbonyl (C=O) groups excluding carboxylic acids is 4. The van der Waals surface area contributed by atoms with Crippen LogP contribution in [-0.4, -0.2) is 74.5 Å². The second-order valence-electron chi connectivity index (χ2n) is 12.5. The SMILES string of the molecule is C=C[C@@H]1COC(=O)c2ccccc2N[C@@H](C=C)COC(=O)c2ccccc2N1.C=C[C@@H]1COC(=O)c2ccccc2N[C@@H](C=C)COC(=O)c2ccccc2N1. The van der Waals surface area contributed by atoms with Crippen LogP contribution >= 0.6 is 0 Å². The Morgan fingerprint density at radius 3 is 0.768 bits per heavy atom. The highest BCUT2D eigenvalue weighted by atomic mass is 16.5. The molecule has 56 heavy (non-hydrogen) atoms. The summed E-state index contributed by atoms with van der Waals surface area (Å²) in [6.45, 7) is 15.3. The van der Waals surface area contributed by atoms with Crippen LogP contribution in [0.4, 0.5) is 22.7 Å². The van der Waals surface area contributed by atoms with E-state index in [4.69, 9.17) is 18.9 Å². The van der Waals surface area contributed by atoms with E-state index in [0.29, 0.717) is 45.0 Å². The van der Waals surface area contributed by atoms with Gasteiger partial charge in [-0.1, -0.05) is 72.8 Å². The van der Waals surface area contributed by atoms with E-state index in [-0.39, 0.29) is 50.6 Å². The normalized spacial score (nSPS) is 20.0. The Morgan fingerprint density at radius 2 is 0.571 bits per heavy atom. The maximum absolute atomic E-state index is 12.6. The van der Waals surface area contributed by atoms with Crippen LogP contribution in [0.15, 0.2) is 148 Å². The highest BCUT2D eigenvalue weighted by Crippen LogP contribution is 2.23. The van der Waals surface area contributed by atoms with Gasteiger partial charge < -0.3 is 40.2 Å². The molecule has 12 nitrogen and oxygen atoms in total. The highest BCUT2D eigenvalue weighted by molar-refractivity contribution is 5.98. The first kappa shape index (κ1) is 40.1. The molecule has 0 fully saturated rings. The minimum atomic E-state index is -0.457. The predicted octanol–water partition coefficient (Wildman–Crippen LogP) is 7.29. The van der Waals surface area contributed by atoms with Crippen molar-refractivity contribution in [3.8, 4) is 0 Å². The van der Waals surface area contributed by atoms with E-state index in [2.05, 4.69) is 47.6 Å². The zero-order valence-corrected chi connectivity index (χ0v) is 30.8. The zero-order valence-electron chi connectivity index (χ0n) is 30.8. The largest absolute Gasteiger partial charge is 0.460 e. The highest BCUT2D eigenvalue weighted by Gasteiger charge is 2.22. The second-order valence-corrected chi connectivity index (χ2v) is 12.5. The molecule has 0 aromatic heterocycles. The number of benzene rings is 4. The summed E-state index contributed by atoms with van der Waals surface area (Å²) in [4.78, 5) is 50.4. The lowest BCUT2D eigenvalue weighted by Gasteiger charge is -2.22. The number of ether oxygens (including phenoxy) is 4. The van der Waals surface area contributed by atoms with Gasteiger partial charge in [0.15, 0.2) is 0 Å². The minimum absolute atomic E-state index is 0.0605. The van der Waals surface area contributed by atoms with Gasteiger partial charge in [0.25, 0.3) is 0 Å². The fraction of sp³-hybridized carbons (Fsp3) is 0.182. The molecule has 2 aliphatic rings. The maximum Gasteiger partial charge on any atom is 0.340 e. The molecule has 0 unspecified atom stereocenters. The maximum atomic E-state index is 12.6. The third-order valence-corrected chi connectivity index (χ3v) is 8.67. The standard InChI is InChI=1S/2C22H22N2O4/c2*1-3-15-13-27-21(25)18-10-6-8-12-20(18)24-16(4-2)14-28-22(26)17-9-5-7-11-19(17)23-15/h2*3-12,15-16,23-24H,1-2,13-14H2/t2*15-,16+. The van der Waals surface area contributed by atoms with Crippen molar-refractivity contribution in [1.29, 1.82) is 0 Å². The number of nitrogens with one attached hydrogen (secondary N) is 4. The minimum Gasteiger partial charge on any atom is -0.460 e. The Morgan fingerprint density at radius 1 is 0.375 bits per heavy atom. The van der Waals surface area contributed by atoms with Gasteiger partial charge in [-0.05, 0) is 48.5 Å². The molecule has 0 spiro atoms. The average molecular weight is 757 g/mol. The van der Waals surface area contributed by atoms with Crippen LogP contribution in [0.2, 0.25) is 0 Å². The molecule has 0 saturated heterocycles. The number of para-hydroxylation sites is 4. The molecule has 2 aliphatic heterocycles. The number of esters is 4. The van der Waals surface area contributed by atoms with Crippen molar-refractivity contribution >= 4 is 46.6 Å². The van der Waals surface area contributed by atoms with Crippen molar-refractivity contribution in [2.24, 2.45) is 0 Å². The number of fused-ring (bicyclic) bond motifs is 4. The van der Waals surface area contributed by atoms with Crippen molar-refractivity contribution < 1.29 is 38.1 Å². The lowest BCUT2D eigenvalue weighted by molar-refractivity contribution is 0.0485. The van der Waals surface area contributed by atoms with E-state index >= 15 is 0 Å². The molecule has 4 aromatic rings. The lowest BCUT2D eigenvalue weighted by atomic mass is 10.1. The van der Waals surface area contributed by atoms with Gasteiger partial charge in [0.2, 0.25) is 0 Å². The number of hydrogen-bond donors (Lipinski definition) is 4. The van der Waals surface area contributed by atoms with Crippen LogP contribution < -0.4 is 21.3 Å².